The zero-order chi connectivity index (χ0) is 43.0. The van der Waals surface area contributed by atoms with Crippen LogP contribution in [0, 0.1) is 11.8 Å². The van der Waals surface area contributed by atoms with Gasteiger partial charge in [-0.25, -0.2) is 0 Å². The summed E-state index contributed by atoms with van der Waals surface area (Å²) in [5, 5.41) is 4.35. The maximum atomic E-state index is 2.64. The third-order valence-electron chi connectivity index (χ3n) is 15.4. The minimum Gasteiger partial charge on any atom is -0.335 e. The van der Waals surface area contributed by atoms with E-state index in [1.165, 1.54) is 112 Å². The SMILES string of the molecule is CC1CC(N(c2ccc(C3=C4Sc5ccccc5C4CC=C3)cc2)c2ccc(-c3cccc4c3sc3c(C5CC=CCC5)cccc34)cc2)C=CC1C1=c2sc3c(c2=CCC1)CCC=C3. The molecular weight excluding hydrogens is 843 g/mol. The summed E-state index contributed by atoms with van der Waals surface area (Å²) >= 11 is 6.04. The predicted molar refractivity (Wildman–Crippen MR) is 283 cm³/mol. The molecule has 5 atom stereocenters. The van der Waals surface area contributed by atoms with Crippen molar-refractivity contribution >= 4 is 89.3 Å². The monoisotopic (exact) mass is 895 g/mol. The molecule has 5 unspecified atom stereocenters. The molecule has 1 nitrogen and oxygen atoms in total. The van der Waals surface area contributed by atoms with Crippen LogP contribution in [0.1, 0.15) is 97.3 Å². The van der Waals surface area contributed by atoms with Gasteiger partial charge in [-0.1, -0.05) is 146 Å². The second-order valence-corrected chi connectivity index (χ2v) is 22.3. The van der Waals surface area contributed by atoms with Crippen LogP contribution in [-0.2, 0) is 6.42 Å². The minimum atomic E-state index is 0.243. The second-order valence-electron chi connectivity index (χ2n) is 19.1. The van der Waals surface area contributed by atoms with Crippen molar-refractivity contribution in [2.75, 3.05) is 4.90 Å². The highest BCUT2D eigenvalue weighted by Gasteiger charge is 2.33. The van der Waals surface area contributed by atoms with Gasteiger partial charge in [-0.15, -0.1) is 22.7 Å². The fourth-order valence-electron chi connectivity index (χ4n) is 12.2. The molecule has 0 spiro atoms. The van der Waals surface area contributed by atoms with Crippen molar-refractivity contribution in [2.24, 2.45) is 11.8 Å². The summed E-state index contributed by atoms with van der Waals surface area (Å²) in [6, 6.07) is 42.3. The number of benzene rings is 5. The fraction of sp³-hybridized carbons (Fsp3) is 0.246. The molecule has 5 aromatic carbocycles. The second kappa shape index (κ2) is 16.5. The molecule has 0 radical (unpaired) electrons. The van der Waals surface area contributed by atoms with Crippen molar-refractivity contribution in [3.8, 4) is 11.1 Å². The maximum absolute atomic E-state index is 2.64. The molecule has 0 N–H and O–H groups in total. The van der Waals surface area contributed by atoms with Crippen molar-refractivity contribution in [1.29, 1.82) is 0 Å². The number of hydrogen-bond acceptors (Lipinski definition) is 4. The summed E-state index contributed by atoms with van der Waals surface area (Å²) in [6.45, 7) is 2.52. The summed E-state index contributed by atoms with van der Waals surface area (Å²) < 4.78 is 4.45. The Labute approximate surface area is 395 Å². The topological polar surface area (TPSA) is 3.24 Å². The minimum absolute atomic E-state index is 0.243. The van der Waals surface area contributed by atoms with Crippen LogP contribution in [0.15, 0.2) is 162 Å². The molecule has 1 aliphatic heterocycles. The van der Waals surface area contributed by atoms with Crippen LogP contribution < -0.4 is 14.7 Å². The third kappa shape index (κ3) is 6.85. The Bertz CT molecular complexity index is 3310. The van der Waals surface area contributed by atoms with Crippen LogP contribution in [0.4, 0.5) is 11.4 Å². The molecular formula is C61H53NS3. The Kier molecular flexibility index (Phi) is 10.1. The lowest BCUT2D eigenvalue weighted by Gasteiger charge is -2.39. The quantitative estimate of drug-likeness (QED) is 0.147. The number of rotatable bonds is 7. The van der Waals surface area contributed by atoms with Gasteiger partial charge in [0.25, 0.3) is 0 Å². The summed E-state index contributed by atoms with van der Waals surface area (Å²) in [5.74, 6) is 2.07. The molecule has 2 aromatic heterocycles. The smallest absolute Gasteiger partial charge is 0.0525 e. The summed E-state index contributed by atoms with van der Waals surface area (Å²) in [6.07, 6.45) is 32.4. The first-order valence-electron chi connectivity index (χ1n) is 24.1. The molecule has 65 heavy (non-hydrogen) atoms. The highest BCUT2D eigenvalue weighted by molar-refractivity contribution is 8.03. The van der Waals surface area contributed by atoms with E-state index in [1.807, 2.05) is 23.1 Å². The molecule has 0 bridgehead atoms. The van der Waals surface area contributed by atoms with Crippen molar-refractivity contribution in [3.63, 3.8) is 0 Å². The molecule has 5 aliphatic carbocycles. The first-order valence-corrected chi connectivity index (χ1v) is 26.6. The molecule has 13 rings (SSSR count). The summed E-state index contributed by atoms with van der Waals surface area (Å²) in [5.41, 5.74) is 14.1. The normalized spacial score (nSPS) is 23.1. The molecule has 3 heterocycles. The van der Waals surface area contributed by atoms with Gasteiger partial charge in [-0.2, -0.15) is 0 Å². The molecule has 4 heteroatoms. The average Bonchev–Trinajstić information content (AvgIpc) is 4.07. The molecule has 0 saturated carbocycles. The standard InChI is InChI=1S/C61H53NS3/c1-38-37-44(35-36-45(38)51-20-12-22-53-50-16-6-8-26-57(50)64-61(51)53)62(42-31-27-40(28-32-42)47-18-9-21-52-49-15-5-7-25-56(49)63-58(47)52)43-33-29-41(30-34-43)48-19-11-24-55-54-23-10-17-46(59(54)65-60(48)55)39-13-3-2-4-14-39/h2-3,5,7-11,15,17-19,22-36,38-39,44-45,52H,4,6,12-14,16,20-21,37H2,1H3. The zero-order valence-electron chi connectivity index (χ0n) is 37.0. The number of fused-ring (bicyclic) bond motifs is 9. The van der Waals surface area contributed by atoms with Gasteiger partial charge in [0.05, 0.1) is 6.04 Å². The summed E-state index contributed by atoms with van der Waals surface area (Å²) in [4.78, 5) is 7.05. The highest BCUT2D eigenvalue weighted by Crippen LogP contribution is 2.55. The lowest BCUT2D eigenvalue weighted by atomic mass is 9.76. The molecule has 0 amide bonds. The van der Waals surface area contributed by atoms with Gasteiger partial charge in [-0.3, -0.25) is 0 Å². The van der Waals surface area contributed by atoms with Crippen LogP contribution in [0.3, 0.4) is 0 Å². The van der Waals surface area contributed by atoms with Crippen molar-refractivity contribution in [1.82, 2.24) is 0 Å². The lowest BCUT2D eigenvalue weighted by Crippen LogP contribution is -2.37. The zero-order valence-corrected chi connectivity index (χ0v) is 39.5. The van der Waals surface area contributed by atoms with E-state index >= 15 is 0 Å². The van der Waals surface area contributed by atoms with Crippen LogP contribution in [0.25, 0.3) is 54.6 Å². The number of thioether (sulfide) groups is 1. The van der Waals surface area contributed by atoms with Crippen LogP contribution in [0.2, 0.25) is 0 Å². The van der Waals surface area contributed by atoms with Crippen LogP contribution in [-0.4, -0.2) is 6.04 Å². The van der Waals surface area contributed by atoms with Gasteiger partial charge in [0, 0.05) is 62.6 Å². The largest absolute Gasteiger partial charge is 0.335 e. The van der Waals surface area contributed by atoms with E-state index in [0.29, 0.717) is 23.7 Å². The Morgan fingerprint density at radius 2 is 1.43 bits per heavy atom. The van der Waals surface area contributed by atoms with Gasteiger partial charge >= 0.3 is 0 Å². The van der Waals surface area contributed by atoms with Crippen molar-refractivity contribution in [3.05, 3.63) is 194 Å². The van der Waals surface area contributed by atoms with Gasteiger partial charge in [-0.05, 0) is 156 Å². The predicted octanol–water partition coefficient (Wildman–Crippen LogP) is 16.3. The van der Waals surface area contributed by atoms with Gasteiger partial charge in [0.15, 0.2) is 0 Å². The number of allylic oxidation sites excluding steroid dienone is 8. The van der Waals surface area contributed by atoms with E-state index in [2.05, 4.69) is 187 Å². The molecule has 320 valence electrons. The summed E-state index contributed by atoms with van der Waals surface area (Å²) in [7, 11) is 0. The Morgan fingerprint density at radius 3 is 2.26 bits per heavy atom. The fourth-order valence-corrected chi connectivity index (χ4v) is 16.4. The van der Waals surface area contributed by atoms with E-state index in [-0.39, 0.29) is 6.04 Å². The molecule has 0 saturated heterocycles. The van der Waals surface area contributed by atoms with E-state index < -0.39 is 0 Å². The number of thiophene rings is 2. The van der Waals surface area contributed by atoms with E-state index in [9.17, 15) is 0 Å². The Hall–Kier alpha value is -5.39. The molecule has 6 aliphatic rings. The first-order chi connectivity index (χ1) is 32.1. The Balaban J connectivity index is 0.874. The first kappa shape index (κ1) is 39.9. The average molecular weight is 896 g/mol. The van der Waals surface area contributed by atoms with Crippen molar-refractivity contribution < 1.29 is 0 Å². The maximum Gasteiger partial charge on any atom is 0.0525 e. The molecule has 0 fully saturated rings. The lowest BCUT2D eigenvalue weighted by molar-refractivity contribution is 0.418. The van der Waals surface area contributed by atoms with Gasteiger partial charge in [0.2, 0.25) is 0 Å². The van der Waals surface area contributed by atoms with E-state index in [1.54, 1.807) is 20.9 Å². The number of anilines is 2. The van der Waals surface area contributed by atoms with Crippen LogP contribution >= 0.6 is 34.4 Å². The van der Waals surface area contributed by atoms with E-state index in [0.717, 1.165) is 25.7 Å². The van der Waals surface area contributed by atoms with Gasteiger partial charge < -0.3 is 4.90 Å². The highest BCUT2D eigenvalue weighted by atomic mass is 32.2. The Morgan fingerprint density at radius 1 is 0.631 bits per heavy atom. The molecule has 7 aromatic rings. The number of hydrogen-bond donors (Lipinski definition) is 0. The van der Waals surface area contributed by atoms with Crippen molar-refractivity contribution in [2.45, 2.75) is 87.5 Å². The third-order valence-corrected chi connectivity index (χ3v) is 19.3. The number of nitrogens with zero attached hydrogens (tertiary/aromatic N) is 1. The van der Waals surface area contributed by atoms with Gasteiger partial charge in [0.1, 0.15) is 0 Å². The van der Waals surface area contributed by atoms with E-state index in [4.69, 9.17) is 0 Å². The van der Waals surface area contributed by atoms with Crippen LogP contribution in [0.5, 0.6) is 0 Å².